The highest BCUT2D eigenvalue weighted by atomic mass is 35.5. The Kier molecular flexibility index (Phi) is 3.06. The number of carbonyl (C=O) groups excluding carboxylic acids is 1. The van der Waals surface area contributed by atoms with Gasteiger partial charge in [-0.15, -0.1) is 11.3 Å². The van der Waals surface area contributed by atoms with Crippen LogP contribution in [0.1, 0.15) is 9.67 Å². The molecular formula is C7H2ClF5OS. The summed E-state index contributed by atoms with van der Waals surface area (Å²) in [5.74, 6) is -7.66. The van der Waals surface area contributed by atoms with E-state index in [4.69, 9.17) is 11.6 Å². The summed E-state index contributed by atoms with van der Waals surface area (Å²) in [5.41, 5.74) is 0. The maximum Gasteiger partial charge on any atom is 0.461 e. The van der Waals surface area contributed by atoms with Gasteiger partial charge in [-0.2, -0.15) is 22.0 Å². The van der Waals surface area contributed by atoms with E-state index in [1.54, 1.807) is 0 Å². The minimum absolute atomic E-state index is 0.0312. The van der Waals surface area contributed by atoms with Crippen molar-refractivity contribution in [1.82, 2.24) is 0 Å². The fourth-order valence-corrected chi connectivity index (χ4v) is 1.74. The van der Waals surface area contributed by atoms with Gasteiger partial charge in [0.2, 0.25) is 0 Å². The molecule has 0 bridgehead atoms. The van der Waals surface area contributed by atoms with Gasteiger partial charge in [-0.3, -0.25) is 4.79 Å². The Morgan fingerprint density at radius 2 is 1.73 bits per heavy atom. The SMILES string of the molecule is O=C(c1ccc(Cl)s1)C(F)(F)C(F)(F)F. The van der Waals surface area contributed by atoms with Gasteiger partial charge in [0, 0.05) is 0 Å². The Balaban J connectivity index is 3.05. The highest BCUT2D eigenvalue weighted by Gasteiger charge is 2.63. The Hall–Kier alpha value is -0.690. The summed E-state index contributed by atoms with van der Waals surface area (Å²) in [6.07, 6.45) is -5.89. The van der Waals surface area contributed by atoms with Crippen LogP contribution in [0.3, 0.4) is 0 Å². The van der Waals surface area contributed by atoms with Crippen LogP contribution in [0.2, 0.25) is 4.34 Å². The van der Waals surface area contributed by atoms with Crippen LogP contribution in [0.5, 0.6) is 0 Å². The average Bonchev–Trinajstić information content (AvgIpc) is 2.48. The molecule has 0 radical (unpaired) electrons. The second-order valence-corrected chi connectivity index (χ2v) is 4.22. The molecule has 0 amide bonds. The molecule has 0 saturated carbocycles. The van der Waals surface area contributed by atoms with E-state index in [9.17, 15) is 26.7 Å². The van der Waals surface area contributed by atoms with E-state index < -0.39 is 22.8 Å². The molecule has 1 aromatic heterocycles. The molecule has 0 N–H and O–H groups in total. The lowest BCUT2D eigenvalue weighted by Gasteiger charge is -2.16. The van der Waals surface area contributed by atoms with Crippen molar-refractivity contribution >= 4 is 28.7 Å². The van der Waals surface area contributed by atoms with E-state index in [1.165, 1.54) is 0 Å². The Morgan fingerprint density at radius 1 is 1.20 bits per heavy atom. The van der Waals surface area contributed by atoms with Gasteiger partial charge in [0.1, 0.15) is 0 Å². The molecule has 0 unspecified atom stereocenters. The second-order valence-electron chi connectivity index (χ2n) is 2.51. The third-order valence-corrected chi connectivity index (χ3v) is 2.67. The maximum atomic E-state index is 12.5. The first kappa shape index (κ1) is 12.4. The van der Waals surface area contributed by atoms with Crippen LogP contribution in [0, 0.1) is 0 Å². The first-order valence-corrected chi connectivity index (χ1v) is 4.60. The molecule has 8 heteroatoms. The summed E-state index contributed by atoms with van der Waals surface area (Å²) in [6, 6.07) is 1.90. The highest BCUT2D eigenvalue weighted by molar-refractivity contribution is 7.18. The minimum Gasteiger partial charge on any atom is -0.286 e. The van der Waals surface area contributed by atoms with Crippen LogP contribution < -0.4 is 0 Å². The Morgan fingerprint density at radius 3 is 2.07 bits per heavy atom. The molecule has 0 aliphatic rings. The fraction of sp³-hybridized carbons (Fsp3) is 0.286. The van der Waals surface area contributed by atoms with Gasteiger partial charge in [0.25, 0.3) is 5.78 Å². The van der Waals surface area contributed by atoms with Crippen molar-refractivity contribution in [3.05, 3.63) is 21.3 Å². The number of hydrogen-bond donors (Lipinski definition) is 0. The van der Waals surface area contributed by atoms with Gasteiger partial charge >= 0.3 is 12.1 Å². The van der Waals surface area contributed by atoms with E-state index in [2.05, 4.69) is 0 Å². The number of Topliss-reactive ketones (excluding diaryl/α,β-unsaturated/α-hetero) is 1. The molecule has 1 nitrogen and oxygen atoms in total. The summed E-state index contributed by atoms with van der Waals surface area (Å²) in [6.45, 7) is 0. The number of thiophene rings is 1. The van der Waals surface area contributed by atoms with E-state index >= 15 is 0 Å². The number of halogens is 6. The van der Waals surface area contributed by atoms with Crippen LogP contribution in [0.15, 0.2) is 12.1 Å². The molecule has 1 aromatic rings. The van der Waals surface area contributed by atoms with Crippen molar-refractivity contribution < 1.29 is 26.7 Å². The van der Waals surface area contributed by atoms with Gasteiger partial charge in [-0.1, -0.05) is 11.6 Å². The zero-order valence-corrected chi connectivity index (χ0v) is 8.31. The number of ketones is 1. The predicted molar refractivity (Wildman–Crippen MR) is 44.7 cm³/mol. The van der Waals surface area contributed by atoms with Gasteiger partial charge in [-0.25, -0.2) is 0 Å². The van der Waals surface area contributed by atoms with Crippen molar-refractivity contribution in [3.63, 3.8) is 0 Å². The first-order chi connectivity index (χ1) is 6.66. The van der Waals surface area contributed by atoms with Crippen molar-refractivity contribution in [2.75, 3.05) is 0 Å². The zero-order valence-electron chi connectivity index (χ0n) is 6.74. The molecule has 0 spiro atoms. The zero-order chi connectivity index (χ0) is 11.9. The molecule has 0 aliphatic carbocycles. The lowest BCUT2D eigenvalue weighted by molar-refractivity contribution is -0.255. The second kappa shape index (κ2) is 3.71. The lowest BCUT2D eigenvalue weighted by atomic mass is 10.2. The molecule has 15 heavy (non-hydrogen) atoms. The summed E-state index contributed by atoms with van der Waals surface area (Å²) >= 11 is 5.68. The highest BCUT2D eigenvalue weighted by Crippen LogP contribution is 2.39. The summed E-state index contributed by atoms with van der Waals surface area (Å²) in [7, 11) is 0. The largest absolute Gasteiger partial charge is 0.461 e. The molecule has 84 valence electrons. The van der Waals surface area contributed by atoms with Crippen molar-refractivity contribution in [2.24, 2.45) is 0 Å². The quantitative estimate of drug-likeness (QED) is 0.587. The predicted octanol–water partition coefficient (Wildman–Crippen LogP) is 3.78. The van der Waals surface area contributed by atoms with Crippen molar-refractivity contribution in [3.8, 4) is 0 Å². The number of alkyl halides is 5. The van der Waals surface area contributed by atoms with Gasteiger partial charge in [0.15, 0.2) is 0 Å². The van der Waals surface area contributed by atoms with Crippen LogP contribution in [0.25, 0.3) is 0 Å². The van der Waals surface area contributed by atoms with Gasteiger partial charge in [0.05, 0.1) is 9.21 Å². The van der Waals surface area contributed by atoms with E-state index in [1.807, 2.05) is 0 Å². The molecule has 0 fully saturated rings. The summed E-state index contributed by atoms with van der Waals surface area (Å²) < 4.78 is 60.3. The van der Waals surface area contributed by atoms with E-state index in [0.717, 1.165) is 12.1 Å². The van der Waals surface area contributed by atoms with Gasteiger partial charge in [-0.05, 0) is 12.1 Å². The van der Waals surface area contributed by atoms with Crippen molar-refractivity contribution in [2.45, 2.75) is 12.1 Å². The van der Waals surface area contributed by atoms with E-state index in [-0.39, 0.29) is 4.34 Å². The van der Waals surface area contributed by atoms with Crippen LogP contribution in [-0.4, -0.2) is 17.9 Å². The lowest BCUT2D eigenvalue weighted by Crippen LogP contribution is -2.43. The third-order valence-electron chi connectivity index (χ3n) is 1.44. The summed E-state index contributed by atoms with van der Waals surface area (Å²) in [4.78, 5) is 10.1. The van der Waals surface area contributed by atoms with E-state index in [0.29, 0.717) is 11.3 Å². The molecule has 0 aliphatic heterocycles. The Labute approximate surface area is 89.5 Å². The van der Waals surface area contributed by atoms with Gasteiger partial charge < -0.3 is 0 Å². The molecule has 0 saturated heterocycles. The maximum absolute atomic E-state index is 12.5. The Bertz CT molecular complexity index is 383. The fourth-order valence-electron chi connectivity index (χ4n) is 0.720. The number of rotatable bonds is 2. The van der Waals surface area contributed by atoms with Crippen LogP contribution in [0.4, 0.5) is 22.0 Å². The molecular weight excluding hydrogens is 263 g/mol. The standard InChI is InChI=1S/C7H2ClF5OS/c8-4-2-1-3(15-4)5(14)6(9,10)7(11,12)13/h1-2H. The van der Waals surface area contributed by atoms with Crippen molar-refractivity contribution in [1.29, 1.82) is 0 Å². The minimum atomic E-state index is -5.89. The monoisotopic (exact) mass is 264 g/mol. The van der Waals surface area contributed by atoms with Crippen LogP contribution >= 0.6 is 22.9 Å². The number of carbonyl (C=O) groups is 1. The molecule has 0 aromatic carbocycles. The number of hydrogen-bond acceptors (Lipinski definition) is 2. The normalized spacial score (nSPS) is 12.9. The summed E-state index contributed by atoms with van der Waals surface area (Å²) in [5, 5.41) is 0. The van der Waals surface area contributed by atoms with Crippen LogP contribution in [-0.2, 0) is 0 Å². The molecule has 0 atom stereocenters. The topological polar surface area (TPSA) is 17.1 Å². The third kappa shape index (κ3) is 2.28. The molecule has 1 heterocycles. The smallest absolute Gasteiger partial charge is 0.286 e. The average molecular weight is 265 g/mol. The molecule has 1 rings (SSSR count). The first-order valence-electron chi connectivity index (χ1n) is 3.41.